The molecule has 3 heterocycles. The minimum atomic E-state index is -1.02. The van der Waals surface area contributed by atoms with Crippen LogP contribution < -0.4 is 9.84 Å². The van der Waals surface area contributed by atoms with E-state index < -0.39 is 6.09 Å². The van der Waals surface area contributed by atoms with Crippen LogP contribution in [-0.4, -0.2) is 48.2 Å². The Morgan fingerprint density at radius 2 is 1.79 bits per heavy atom. The van der Waals surface area contributed by atoms with Gasteiger partial charge in [-0.25, -0.2) is 0 Å². The molecule has 34 heavy (non-hydrogen) atoms. The Morgan fingerprint density at radius 3 is 2.35 bits per heavy atom. The average molecular weight is 462 g/mol. The molecule has 0 radical (unpaired) electrons. The second-order valence-electron chi connectivity index (χ2n) is 11.2. The third kappa shape index (κ3) is 3.88. The lowest BCUT2D eigenvalue weighted by atomic mass is 9.79. The first-order valence-electron chi connectivity index (χ1n) is 12.8. The number of carbonyl (C=O) groups is 1. The maximum Gasteiger partial charge on any atom is 0.137 e. The highest BCUT2D eigenvalue weighted by atomic mass is 16.5. The molecule has 0 saturated carbocycles. The number of carboxylic acid groups (broad SMARTS) is 1. The van der Waals surface area contributed by atoms with Crippen LogP contribution in [-0.2, 0) is 6.42 Å². The summed E-state index contributed by atoms with van der Waals surface area (Å²) in [5.74, 6) is 1.41. The van der Waals surface area contributed by atoms with Crippen molar-refractivity contribution in [1.82, 2.24) is 9.80 Å². The van der Waals surface area contributed by atoms with E-state index >= 15 is 0 Å². The number of nitrogens with zero attached hydrogens (tertiary/aromatic N) is 2. The third-order valence-electron chi connectivity index (χ3n) is 8.37. The monoisotopic (exact) mass is 461 g/mol. The molecule has 1 aliphatic carbocycles. The number of hydrogen-bond donors (Lipinski definition) is 0. The van der Waals surface area contributed by atoms with Crippen molar-refractivity contribution in [1.29, 1.82) is 0 Å². The zero-order valence-corrected chi connectivity index (χ0v) is 21.2. The highest BCUT2D eigenvalue weighted by Gasteiger charge is 2.48. The Labute approximate surface area is 203 Å². The zero-order chi connectivity index (χ0) is 24.2. The molecule has 3 aliphatic heterocycles. The summed E-state index contributed by atoms with van der Waals surface area (Å²) in [4.78, 5) is 16.7. The van der Waals surface area contributed by atoms with Gasteiger partial charge in [0.15, 0.2) is 0 Å². The normalized spacial score (nSPS) is 26.9. The molecular formula is C29H37N2O3-. The lowest BCUT2D eigenvalue weighted by molar-refractivity contribution is -0.276. The van der Waals surface area contributed by atoms with Crippen LogP contribution >= 0.6 is 0 Å². The molecule has 1 amide bonds. The van der Waals surface area contributed by atoms with Crippen LogP contribution in [0, 0.1) is 25.2 Å². The summed E-state index contributed by atoms with van der Waals surface area (Å²) in [6.07, 6.45) is 2.01. The van der Waals surface area contributed by atoms with Crippen LogP contribution in [0.3, 0.4) is 0 Å². The molecule has 6 rings (SSSR count). The SMILES string of the molecule is CCOc1c(C)cc(-c2ccc3c(c2)CC(C)(C)[C@H]3N(C(=O)[O-])[C@@H]2CN3CCC2CC3)cc1C. The van der Waals surface area contributed by atoms with Gasteiger partial charge >= 0.3 is 0 Å². The molecule has 2 aromatic carbocycles. The molecule has 2 aromatic rings. The molecule has 5 nitrogen and oxygen atoms in total. The largest absolute Gasteiger partial charge is 0.530 e. The number of amides is 1. The number of hydrogen-bond acceptors (Lipinski definition) is 4. The van der Waals surface area contributed by atoms with E-state index in [9.17, 15) is 9.90 Å². The predicted molar refractivity (Wildman–Crippen MR) is 133 cm³/mol. The molecule has 0 N–H and O–H groups in total. The lowest BCUT2D eigenvalue weighted by Crippen LogP contribution is -2.62. The van der Waals surface area contributed by atoms with E-state index in [4.69, 9.17) is 4.74 Å². The fourth-order valence-corrected chi connectivity index (χ4v) is 6.91. The number of ether oxygens (including phenoxy) is 1. The van der Waals surface area contributed by atoms with Crippen molar-refractivity contribution in [3.05, 3.63) is 52.6 Å². The van der Waals surface area contributed by atoms with Gasteiger partial charge in [-0.1, -0.05) is 32.0 Å². The molecular weight excluding hydrogens is 424 g/mol. The van der Waals surface area contributed by atoms with Crippen molar-refractivity contribution in [2.75, 3.05) is 26.2 Å². The van der Waals surface area contributed by atoms with Gasteiger partial charge in [0.2, 0.25) is 0 Å². The van der Waals surface area contributed by atoms with Gasteiger partial charge in [0.25, 0.3) is 0 Å². The molecule has 2 bridgehead atoms. The Hall–Kier alpha value is -2.53. The van der Waals surface area contributed by atoms with Gasteiger partial charge in [-0.15, -0.1) is 0 Å². The quantitative estimate of drug-likeness (QED) is 0.646. The predicted octanol–water partition coefficient (Wildman–Crippen LogP) is 4.73. The van der Waals surface area contributed by atoms with Crippen LogP contribution in [0.4, 0.5) is 4.79 Å². The van der Waals surface area contributed by atoms with Crippen molar-refractivity contribution in [2.24, 2.45) is 11.3 Å². The average Bonchev–Trinajstić information content (AvgIpc) is 3.06. The van der Waals surface area contributed by atoms with Crippen LogP contribution in [0.2, 0.25) is 0 Å². The van der Waals surface area contributed by atoms with Gasteiger partial charge in [-0.2, -0.15) is 0 Å². The summed E-state index contributed by atoms with van der Waals surface area (Å²) in [6.45, 7) is 14.3. The number of piperidine rings is 3. The summed E-state index contributed by atoms with van der Waals surface area (Å²) >= 11 is 0. The van der Waals surface area contributed by atoms with Crippen LogP contribution in [0.5, 0.6) is 5.75 Å². The third-order valence-corrected chi connectivity index (χ3v) is 8.37. The smallest absolute Gasteiger partial charge is 0.137 e. The van der Waals surface area contributed by atoms with E-state index in [2.05, 4.69) is 62.9 Å². The summed E-state index contributed by atoms with van der Waals surface area (Å²) in [5, 5.41) is 12.6. The number of aryl methyl sites for hydroxylation is 2. The molecule has 5 heteroatoms. The number of carbonyl (C=O) groups excluding carboxylic acids is 1. The maximum absolute atomic E-state index is 12.6. The van der Waals surface area contributed by atoms with Gasteiger partial charge in [-0.05, 0) is 110 Å². The topological polar surface area (TPSA) is 55.8 Å². The Morgan fingerprint density at radius 1 is 1.12 bits per heavy atom. The summed E-state index contributed by atoms with van der Waals surface area (Å²) < 4.78 is 5.83. The van der Waals surface area contributed by atoms with Crippen molar-refractivity contribution in [2.45, 2.75) is 66.0 Å². The maximum atomic E-state index is 12.6. The molecule has 4 aliphatic rings. The van der Waals surface area contributed by atoms with E-state index in [-0.39, 0.29) is 17.5 Å². The summed E-state index contributed by atoms with van der Waals surface area (Å²) in [5.41, 5.74) is 6.85. The minimum Gasteiger partial charge on any atom is -0.530 e. The molecule has 182 valence electrons. The van der Waals surface area contributed by atoms with Crippen LogP contribution in [0.25, 0.3) is 11.1 Å². The van der Waals surface area contributed by atoms with Gasteiger partial charge < -0.3 is 24.4 Å². The first-order valence-corrected chi connectivity index (χ1v) is 12.8. The Kier molecular flexibility index (Phi) is 5.87. The highest BCUT2D eigenvalue weighted by molar-refractivity contribution is 5.70. The van der Waals surface area contributed by atoms with Crippen molar-refractivity contribution in [3.8, 4) is 16.9 Å². The van der Waals surface area contributed by atoms with Crippen LogP contribution in [0.15, 0.2) is 30.3 Å². The second kappa shape index (κ2) is 8.60. The molecule has 2 atom stereocenters. The van der Waals surface area contributed by atoms with Crippen molar-refractivity contribution < 1.29 is 14.6 Å². The van der Waals surface area contributed by atoms with E-state index in [1.807, 2.05) is 6.92 Å². The number of benzene rings is 2. The minimum absolute atomic E-state index is 0.0267. The molecule has 0 spiro atoms. The first-order chi connectivity index (χ1) is 16.2. The Bertz CT molecular complexity index is 1080. The Balaban J connectivity index is 1.51. The molecule has 0 aromatic heterocycles. The van der Waals surface area contributed by atoms with Gasteiger partial charge in [0.1, 0.15) is 11.8 Å². The lowest BCUT2D eigenvalue weighted by Gasteiger charge is -2.53. The van der Waals surface area contributed by atoms with Gasteiger partial charge in [0, 0.05) is 12.6 Å². The van der Waals surface area contributed by atoms with Gasteiger partial charge in [-0.3, -0.25) is 0 Å². The number of rotatable bonds is 5. The van der Waals surface area contributed by atoms with E-state index in [1.54, 1.807) is 4.90 Å². The second-order valence-corrected chi connectivity index (χ2v) is 11.2. The van der Waals surface area contributed by atoms with Crippen molar-refractivity contribution >= 4 is 6.09 Å². The summed E-state index contributed by atoms with van der Waals surface area (Å²) in [7, 11) is 0. The fraction of sp³-hybridized carbons (Fsp3) is 0.552. The van der Waals surface area contributed by atoms with Crippen molar-refractivity contribution in [3.63, 3.8) is 0 Å². The summed E-state index contributed by atoms with van der Waals surface area (Å²) in [6, 6.07) is 10.8. The van der Waals surface area contributed by atoms with E-state index in [0.29, 0.717) is 12.5 Å². The first kappa shape index (κ1) is 23.2. The van der Waals surface area contributed by atoms with E-state index in [1.165, 1.54) is 16.7 Å². The molecule has 3 fully saturated rings. The van der Waals surface area contributed by atoms with E-state index in [0.717, 1.165) is 61.3 Å². The van der Waals surface area contributed by atoms with Crippen LogP contribution in [0.1, 0.15) is 61.9 Å². The molecule has 0 unspecified atom stereocenters. The highest BCUT2D eigenvalue weighted by Crippen LogP contribution is 2.51. The molecule has 3 saturated heterocycles. The number of fused-ring (bicyclic) bond motifs is 4. The zero-order valence-electron chi connectivity index (χ0n) is 21.2. The fourth-order valence-electron chi connectivity index (χ4n) is 6.91. The van der Waals surface area contributed by atoms with Gasteiger partial charge in [0.05, 0.1) is 12.6 Å². The standard InChI is InChI=1S/C29H38N2O3/c1-6-34-26-18(2)13-22(14-19(26)3)21-7-8-24-23(15-21)16-29(4,5)27(24)31(28(32)33)25-17-30-11-9-20(25)10-12-30/h7-8,13-15,20,25,27H,6,9-12,16-17H2,1-5H3,(H,32,33)/p-1/t25-,27+/m1/s1.